The van der Waals surface area contributed by atoms with Crippen LogP contribution >= 0.6 is 0 Å². The molecule has 1 aliphatic heterocycles. The van der Waals surface area contributed by atoms with Crippen molar-refractivity contribution in [1.29, 1.82) is 5.26 Å². The van der Waals surface area contributed by atoms with E-state index in [0.717, 1.165) is 55.0 Å². The van der Waals surface area contributed by atoms with Crippen LogP contribution in [0.25, 0.3) is 0 Å². The van der Waals surface area contributed by atoms with Crippen LogP contribution in [0.2, 0.25) is 0 Å². The number of aromatic nitrogens is 3. The van der Waals surface area contributed by atoms with E-state index in [2.05, 4.69) is 24.8 Å². The van der Waals surface area contributed by atoms with Crippen molar-refractivity contribution in [1.82, 2.24) is 15.0 Å². The van der Waals surface area contributed by atoms with Gasteiger partial charge in [-0.05, 0) is 55.7 Å². The molecule has 0 amide bonds. The molecule has 0 spiro atoms. The molecule has 0 atom stereocenters. The summed E-state index contributed by atoms with van der Waals surface area (Å²) < 4.78 is 39.2. The summed E-state index contributed by atoms with van der Waals surface area (Å²) >= 11 is 0. The average molecular weight is 438 g/mol. The molecule has 0 bridgehead atoms. The van der Waals surface area contributed by atoms with E-state index in [1.165, 1.54) is 12.1 Å². The van der Waals surface area contributed by atoms with Gasteiger partial charge in [-0.1, -0.05) is 0 Å². The Labute approximate surface area is 184 Å². The molecule has 164 valence electrons. The van der Waals surface area contributed by atoms with Gasteiger partial charge in [0, 0.05) is 31.0 Å². The molecule has 1 aliphatic rings. The van der Waals surface area contributed by atoms with Crippen LogP contribution in [0.4, 0.5) is 30.2 Å². The van der Waals surface area contributed by atoms with Crippen LogP contribution in [0.3, 0.4) is 0 Å². The Kier molecular flexibility index (Phi) is 5.95. The summed E-state index contributed by atoms with van der Waals surface area (Å²) in [6.07, 6.45) is 3.95. The molecule has 0 unspecified atom stereocenters. The van der Waals surface area contributed by atoms with Gasteiger partial charge in [0.15, 0.2) is 0 Å². The van der Waals surface area contributed by atoms with Crippen LogP contribution in [0.1, 0.15) is 29.8 Å². The van der Waals surface area contributed by atoms with Crippen LogP contribution in [-0.2, 0) is 6.18 Å². The van der Waals surface area contributed by atoms with E-state index in [0.29, 0.717) is 5.69 Å². The number of nitriles is 1. The molecule has 4 rings (SSSR count). The van der Waals surface area contributed by atoms with E-state index in [1.54, 1.807) is 24.8 Å². The lowest BCUT2D eigenvalue weighted by molar-refractivity contribution is -0.137. The quantitative estimate of drug-likeness (QED) is 0.579. The normalized spacial score (nSPS) is 14.8. The monoisotopic (exact) mass is 438 g/mol. The maximum atomic E-state index is 13.1. The molecule has 1 aromatic carbocycles. The first-order valence-electron chi connectivity index (χ1n) is 10.2. The van der Waals surface area contributed by atoms with E-state index >= 15 is 0 Å². The second kappa shape index (κ2) is 8.83. The number of aryl methyl sites for hydroxylation is 1. The number of hydrogen-bond donors (Lipinski definition) is 0. The minimum Gasteiger partial charge on any atom is -0.369 e. The van der Waals surface area contributed by atoms with Gasteiger partial charge in [-0.3, -0.25) is 4.98 Å². The fourth-order valence-corrected chi connectivity index (χ4v) is 3.99. The highest BCUT2D eigenvalue weighted by Gasteiger charge is 2.31. The second-order valence-electron chi connectivity index (χ2n) is 7.67. The number of rotatable bonds is 4. The fraction of sp³-hybridized carbons (Fsp3) is 0.304. The van der Waals surface area contributed by atoms with Crippen LogP contribution in [0, 0.1) is 18.3 Å². The molecule has 2 aromatic heterocycles. The van der Waals surface area contributed by atoms with E-state index < -0.39 is 11.7 Å². The van der Waals surface area contributed by atoms with Gasteiger partial charge in [-0.2, -0.15) is 18.4 Å². The van der Waals surface area contributed by atoms with E-state index in [-0.39, 0.29) is 11.9 Å². The Morgan fingerprint density at radius 3 is 2.25 bits per heavy atom. The lowest BCUT2D eigenvalue weighted by Gasteiger charge is -2.41. The number of pyridine rings is 1. The zero-order valence-electron chi connectivity index (χ0n) is 17.4. The predicted octanol–water partition coefficient (Wildman–Crippen LogP) is 4.88. The third-order valence-electron chi connectivity index (χ3n) is 5.68. The molecule has 3 heterocycles. The summed E-state index contributed by atoms with van der Waals surface area (Å²) in [7, 11) is 0. The molecule has 1 saturated heterocycles. The average Bonchev–Trinajstić information content (AvgIpc) is 2.81. The standard InChI is InChI=1S/C23H21F3N6/c1-16-6-9-28-15-21(16)32(18-4-2-17(3-5-18)23(24,25)26)19-7-10-31(11-8-19)20-13-29-22(12-27)30-14-20/h2-6,9,13-15,19H,7-8,10-11H2,1H3. The molecule has 0 radical (unpaired) electrons. The van der Waals surface area contributed by atoms with Gasteiger partial charge >= 0.3 is 6.18 Å². The van der Waals surface area contributed by atoms with Gasteiger partial charge in [-0.25, -0.2) is 9.97 Å². The van der Waals surface area contributed by atoms with Crippen molar-refractivity contribution in [3.8, 4) is 6.07 Å². The fourth-order valence-electron chi connectivity index (χ4n) is 3.99. The number of halogens is 3. The number of benzene rings is 1. The minimum atomic E-state index is -4.37. The molecule has 0 N–H and O–H groups in total. The van der Waals surface area contributed by atoms with Crippen molar-refractivity contribution < 1.29 is 13.2 Å². The van der Waals surface area contributed by atoms with Gasteiger partial charge in [-0.15, -0.1) is 0 Å². The summed E-state index contributed by atoms with van der Waals surface area (Å²) in [5.41, 5.74) is 2.77. The highest BCUT2D eigenvalue weighted by molar-refractivity contribution is 5.67. The van der Waals surface area contributed by atoms with Crippen molar-refractivity contribution in [2.75, 3.05) is 22.9 Å². The molecule has 0 saturated carbocycles. The van der Waals surface area contributed by atoms with Crippen LogP contribution in [0.15, 0.2) is 55.1 Å². The molecular formula is C23H21F3N6. The van der Waals surface area contributed by atoms with Crippen LogP contribution in [0.5, 0.6) is 0 Å². The predicted molar refractivity (Wildman–Crippen MR) is 115 cm³/mol. The number of hydrogen-bond acceptors (Lipinski definition) is 6. The molecule has 0 aliphatic carbocycles. The van der Waals surface area contributed by atoms with Crippen molar-refractivity contribution in [2.24, 2.45) is 0 Å². The summed E-state index contributed by atoms with van der Waals surface area (Å²) in [5, 5.41) is 8.87. The topological polar surface area (TPSA) is 68.9 Å². The zero-order chi connectivity index (χ0) is 22.7. The maximum absolute atomic E-state index is 13.1. The Bertz CT molecular complexity index is 1100. The number of anilines is 3. The highest BCUT2D eigenvalue weighted by Crippen LogP contribution is 2.36. The zero-order valence-corrected chi connectivity index (χ0v) is 17.4. The molecule has 32 heavy (non-hydrogen) atoms. The first-order chi connectivity index (χ1) is 15.4. The van der Waals surface area contributed by atoms with Crippen LogP contribution in [-0.4, -0.2) is 34.1 Å². The van der Waals surface area contributed by atoms with E-state index in [1.807, 2.05) is 19.1 Å². The maximum Gasteiger partial charge on any atom is 0.416 e. The van der Waals surface area contributed by atoms with Crippen molar-refractivity contribution in [2.45, 2.75) is 32.0 Å². The van der Waals surface area contributed by atoms with E-state index in [9.17, 15) is 13.2 Å². The summed E-state index contributed by atoms with van der Waals surface area (Å²) in [6.45, 7) is 3.43. The number of alkyl halides is 3. The third kappa shape index (κ3) is 4.49. The molecular weight excluding hydrogens is 417 g/mol. The Morgan fingerprint density at radius 2 is 1.69 bits per heavy atom. The Hall–Kier alpha value is -3.67. The summed E-state index contributed by atoms with van der Waals surface area (Å²) in [4.78, 5) is 16.6. The van der Waals surface area contributed by atoms with Gasteiger partial charge in [0.25, 0.3) is 0 Å². The van der Waals surface area contributed by atoms with Gasteiger partial charge < -0.3 is 9.80 Å². The molecule has 9 heteroatoms. The lowest BCUT2D eigenvalue weighted by atomic mass is 10.00. The summed E-state index contributed by atoms with van der Waals surface area (Å²) in [6, 6.07) is 9.19. The summed E-state index contributed by atoms with van der Waals surface area (Å²) in [5.74, 6) is 0.129. The van der Waals surface area contributed by atoms with Gasteiger partial charge in [0.05, 0.1) is 35.5 Å². The highest BCUT2D eigenvalue weighted by atomic mass is 19.4. The number of piperidine rings is 1. The van der Waals surface area contributed by atoms with E-state index in [4.69, 9.17) is 5.26 Å². The third-order valence-corrected chi connectivity index (χ3v) is 5.68. The lowest BCUT2D eigenvalue weighted by Crippen LogP contribution is -2.43. The van der Waals surface area contributed by atoms with Crippen molar-refractivity contribution >= 4 is 17.1 Å². The van der Waals surface area contributed by atoms with Crippen molar-refractivity contribution in [3.05, 3.63) is 72.1 Å². The van der Waals surface area contributed by atoms with Gasteiger partial charge in [0.2, 0.25) is 5.82 Å². The smallest absolute Gasteiger partial charge is 0.369 e. The largest absolute Gasteiger partial charge is 0.416 e. The van der Waals surface area contributed by atoms with Crippen LogP contribution < -0.4 is 9.80 Å². The molecule has 3 aromatic rings. The Morgan fingerprint density at radius 1 is 1.03 bits per heavy atom. The van der Waals surface area contributed by atoms with Gasteiger partial charge in [0.1, 0.15) is 6.07 Å². The first-order valence-corrected chi connectivity index (χ1v) is 10.2. The molecule has 6 nitrogen and oxygen atoms in total. The molecule has 1 fully saturated rings. The van der Waals surface area contributed by atoms with Crippen molar-refractivity contribution in [3.63, 3.8) is 0 Å². The Balaban J connectivity index is 1.59. The second-order valence-corrected chi connectivity index (χ2v) is 7.67. The minimum absolute atomic E-state index is 0.0881. The SMILES string of the molecule is Cc1ccncc1N(c1ccc(C(F)(F)F)cc1)C1CCN(c2cnc(C#N)nc2)CC1. The first kappa shape index (κ1) is 21.6. The number of nitrogens with zero attached hydrogens (tertiary/aromatic N) is 6.